The summed E-state index contributed by atoms with van der Waals surface area (Å²) < 4.78 is 11.5. The molecule has 1 rings (SSSR count). The molecule has 0 spiro atoms. The first-order valence-corrected chi connectivity index (χ1v) is 7.45. The average Bonchev–Trinajstić information content (AvgIpc) is 2.37. The first-order chi connectivity index (χ1) is 9.43. The Balaban J connectivity index is 2.67. The summed E-state index contributed by atoms with van der Waals surface area (Å²) >= 11 is 3.49. The first-order valence-electron chi connectivity index (χ1n) is 6.65. The number of ether oxygens (including phenoxy) is 2. The molecule has 114 valence electrons. The minimum atomic E-state index is 0.0859. The molecule has 0 atom stereocenters. The van der Waals surface area contributed by atoms with Gasteiger partial charge in [-0.15, -0.1) is 0 Å². The van der Waals surface area contributed by atoms with Gasteiger partial charge in [0.15, 0.2) is 11.5 Å². The quantitative estimate of drug-likeness (QED) is 0.760. The van der Waals surface area contributed by atoms with E-state index in [0.29, 0.717) is 11.5 Å². The van der Waals surface area contributed by atoms with Crippen molar-refractivity contribution in [3.63, 3.8) is 0 Å². The third-order valence-electron chi connectivity index (χ3n) is 3.21. The van der Waals surface area contributed by atoms with Crippen molar-refractivity contribution in [2.75, 3.05) is 27.4 Å². The van der Waals surface area contributed by atoms with Crippen molar-refractivity contribution in [1.82, 2.24) is 5.32 Å². The van der Waals surface area contributed by atoms with Crippen LogP contribution in [0.4, 0.5) is 0 Å². The molecule has 5 heteroatoms. The highest BCUT2D eigenvalue weighted by atomic mass is 79.9. The smallest absolute Gasteiger partial charge is 0.174 e. The highest BCUT2D eigenvalue weighted by Crippen LogP contribution is 2.36. The number of aliphatic hydroxyl groups excluding tert-OH is 1. The van der Waals surface area contributed by atoms with Crippen LogP contribution in [0.5, 0.6) is 11.5 Å². The van der Waals surface area contributed by atoms with Crippen LogP contribution < -0.4 is 14.8 Å². The standard InChI is InChI=1S/C15H24BrNO3/c1-15(2,5-6-18)10-17-9-11-7-12(16)14(20-4)13(8-11)19-3/h7-8,17-18H,5-6,9-10H2,1-4H3. The summed E-state index contributed by atoms with van der Waals surface area (Å²) in [7, 11) is 3.25. The molecule has 0 aliphatic carbocycles. The number of rotatable bonds is 8. The molecule has 4 nitrogen and oxygen atoms in total. The number of methoxy groups -OCH3 is 2. The normalized spacial score (nSPS) is 11.5. The molecule has 0 bridgehead atoms. The lowest BCUT2D eigenvalue weighted by Crippen LogP contribution is -2.29. The Bertz CT molecular complexity index is 435. The predicted octanol–water partition coefficient (Wildman–Crippen LogP) is 2.96. The Morgan fingerprint density at radius 3 is 2.50 bits per heavy atom. The van der Waals surface area contributed by atoms with Crippen molar-refractivity contribution in [1.29, 1.82) is 0 Å². The van der Waals surface area contributed by atoms with Crippen molar-refractivity contribution in [3.8, 4) is 11.5 Å². The summed E-state index contributed by atoms with van der Waals surface area (Å²) in [5.41, 5.74) is 1.21. The molecule has 1 aromatic carbocycles. The summed E-state index contributed by atoms with van der Waals surface area (Å²) in [6.07, 6.45) is 0.787. The molecule has 1 aromatic rings. The zero-order chi connectivity index (χ0) is 15.2. The molecule has 0 heterocycles. The Morgan fingerprint density at radius 1 is 1.25 bits per heavy atom. The van der Waals surface area contributed by atoms with Gasteiger partial charge in [0.25, 0.3) is 0 Å². The lowest BCUT2D eigenvalue weighted by molar-refractivity contribution is 0.207. The van der Waals surface area contributed by atoms with E-state index in [1.54, 1.807) is 14.2 Å². The lowest BCUT2D eigenvalue weighted by Gasteiger charge is -2.24. The van der Waals surface area contributed by atoms with E-state index in [4.69, 9.17) is 14.6 Å². The van der Waals surface area contributed by atoms with Gasteiger partial charge in [0, 0.05) is 19.7 Å². The van der Waals surface area contributed by atoms with Crippen LogP contribution in [0, 0.1) is 5.41 Å². The van der Waals surface area contributed by atoms with Gasteiger partial charge in [-0.05, 0) is 45.5 Å². The van der Waals surface area contributed by atoms with E-state index in [2.05, 4.69) is 35.1 Å². The Morgan fingerprint density at radius 2 is 1.95 bits per heavy atom. The van der Waals surface area contributed by atoms with Crippen LogP contribution in [0.25, 0.3) is 0 Å². The zero-order valence-electron chi connectivity index (χ0n) is 12.6. The van der Waals surface area contributed by atoms with Gasteiger partial charge in [0.1, 0.15) is 0 Å². The minimum absolute atomic E-state index is 0.0859. The largest absolute Gasteiger partial charge is 0.493 e. The number of hydrogen-bond acceptors (Lipinski definition) is 4. The van der Waals surface area contributed by atoms with E-state index in [1.807, 2.05) is 12.1 Å². The van der Waals surface area contributed by atoms with E-state index in [-0.39, 0.29) is 12.0 Å². The van der Waals surface area contributed by atoms with Crippen molar-refractivity contribution < 1.29 is 14.6 Å². The second kappa shape index (κ2) is 7.86. The fourth-order valence-corrected chi connectivity index (χ4v) is 2.66. The SMILES string of the molecule is COc1cc(CNCC(C)(C)CCO)cc(Br)c1OC. The fraction of sp³-hybridized carbons (Fsp3) is 0.600. The highest BCUT2D eigenvalue weighted by Gasteiger charge is 2.16. The monoisotopic (exact) mass is 345 g/mol. The third-order valence-corrected chi connectivity index (χ3v) is 3.80. The number of nitrogens with one attached hydrogen (secondary N) is 1. The lowest BCUT2D eigenvalue weighted by atomic mass is 9.90. The van der Waals surface area contributed by atoms with Crippen LogP contribution in [0.3, 0.4) is 0 Å². The van der Waals surface area contributed by atoms with Gasteiger partial charge >= 0.3 is 0 Å². The Hall–Kier alpha value is -0.780. The number of benzene rings is 1. The Kier molecular flexibility index (Phi) is 6.79. The Labute approximate surface area is 129 Å². The summed E-state index contributed by atoms with van der Waals surface area (Å²) in [4.78, 5) is 0. The molecule has 2 N–H and O–H groups in total. The molecule has 0 amide bonds. The van der Waals surface area contributed by atoms with Gasteiger partial charge in [-0.2, -0.15) is 0 Å². The molecule has 0 saturated carbocycles. The van der Waals surface area contributed by atoms with Gasteiger partial charge in [0.2, 0.25) is 0 Å². The summed E-state index contributed by atoms with van der Waals surface area (Å²) in [6, 6.07) is 3.99. The van der Waals surface area contributed by atoms with Gasteiger partial charge in [-0.25, -0.2) is 0 Å². The van der Waals surface area contributed by atoms with Crippen LogP contribution in [0.1, 0.15) is 25.8 Å². The van der Waals surface area contributed by atoms with E-state index < -0.39 is 0 Å². The predicted molar refractivity (Wildman–Crippen MR) is 84.4 cm³/mol. The molecule has 0 fully saturated rings. The molecule has 0 radical (unpaired) electrons. The van der Waals surface area contributed by atoms with E-state index in [1.165, 1.54) is 0 Å². The molecular formula is C15H24BrNO3. The summed E-state index contributed by atoms with van der Waals surface area (Å²) in [5.74, 6) is 1.42. The van der Waals surface area contributed by atoms with Crippen LogP contribution in [0.2, 0.25) is 0 Å². The summed E-state index contributed by atoms with van der Waals surface area (Å²) in [5, 5.41) is 12.4. The van der Waals surface area contributed by atoms with Crippen molar-refractivity contribution in [2.24, 2.45) is 5.41 Å². The highest BCUT2D eigenvalue weighted by molar-refractivity contribution is 9.10. The van der Waals surface area contributed by atoms with Crippen LogP contribution in [-0.2, 0) is 6.54 Å². The van der Waals surface area contributed by atoms with Gasteiger partial charge < -0.3 is 19.9 Å². The maximum absolute atomic E-state index is 9.02. The van der Waals surface area contributed by atoms with E-state index in [9.17, 15) is 0 Å². The minimum Gasteiger partial charge on any atom is -0.493 e. The molecule has 0 unspecified atom stereocenters. The maximum Gasteiger partial charge on any atom is 0.174 e. The summed E-state index contributed by atoms with van der Waals surface area (Å²) in [6.45, 7) is 6.09. The second-order valence-electron chi connectivity index (χ2n) is 5.55. The van der Waals surface area contributed by atoms with Crippen LogP contribution in [-0.4, -0.2) is 32.5 Å². The van der Waals surface area contributed by atoms with Gasteiger partial charge in [0.05, 0.1) is 18.7 Å². The molecule has 0 saturated heterocycles. The van der Waals surface area contributed by atoms with Crippen LogP contribution in [0.15, 0.2) is 16.6 Å². The number of aliphatic hydroxyl groups is 1. The second-order valence-corrected chi connectivity index (χ2v) is 6.41. The molecule has 0 aliphatic heterocycles. The fourth-order valence-electron chi connectivity index (χ4n) is 2.01. The number of hydrogen-bond donors (Lipinski definition) is 2. The average molecular weight is 346 g/mol. The van der Waals surface area contributed by atoms with E-state index >= 15 is 0 Å². The zero-order valence-corrected chi connectivity index (χ0v) is 14.2. The van der Waals surface area contributed by atoms with Crippen molar-refractivity contribution in [2.45, 2.75) is 26.8 Å². The number of halogens is 1. The molecule has 0 aliphatic rings. The van der Waals surface area contributed by atoms with Crippen molar-refractivity contribution >= 4 is 15.9 Å². The van der Waals surface area contributed by atoms with E-state index in [0.717, 1.165) is 29.5 Å². The molecule has 0 aromatic heterocycles. The topological polar surface area (TPSA) is 50.7 Å². The maximum atomic E-state index is 9.02. The third kappa shape index (κ3) is 4.96. The molecular weight excluding hydrogens is 322 g/mol. The first kappa shape index (κ1) is 17.3. The van der Waals surface area contributed by atoms with Crippen molar-refractivity contribution in [3.05, 3.63) is 22.2 Å². The molecule has 20 heavy (non-hydrogen) atoms. The van der Waals surface area contributed by atoms with Gasteiger partial charge in [-0.3, -0.25) is 0 Å². The van der Waals surface area contributed by atoms with Crippen LogP contribution >= 0.6 is 15.9 Å². The van der Waals surface area contributed by atoms with Gasteiger partial charge in [-0.1, -0.05) is 13.8 Å².